The molecule has 5 rings (SSSR count). The van der Waals surface area contributed by atoms with Crippen molar-refractivity contribution in [1.29, 1.82) is 0 Å². The molecule has 0 spiro atoms. The quantitative estimate of drug-likeness (QED) is 0.339. The molecule has 0 fully saturated rings. The van der Waals surface area contributed by atoms with E-state index in [1.807, 2.05) is 61.5 Å². The second-order valence-corrected chi connectivity index (χ2v) is 9.26. The van der Waals surface area contributed by atoms with Gasteiger partial charge in [0.15, 0.2) is 5.65 Å². The van der Waals surface area contributed by atoms with Crippen LogP contribution in [0.1, 0.15) is 35.3 Å². The van der Waals surface area contributed by atoms with E-state index in [9.17, 15) is 9.90 Å². The van der Waals surface area contributed by atoms with Gasteiger partial charge in [-0.25, -0.2) is 15.1 Å². The summed E-state index contributed by atoms with van der Waals surface area (Å²) in [5, 5.41) is 19.0. The Bertz CT molecular complexity index is 1570. The van der Waals surface area contributed by atoms with E-state index in [0.29, 0.717) is 23.3 Å². The molecule has 1 amide bonds. The number of hydrogen-bond donors (Lipinski definition) is 2. The van der Waals surface area contributed by atoms with Crippen molar-refractivity contribution in [1.82, 2.24) is 30.4 Å². The molecule has 2 N–H and O–H groups in total. The lowest BCUT2D eigenvalue weighted by atomic mass is 10.0. The summed E-state index contributed by atoms with van der Waals surface area (Å²) in [7, 11) is 0. The average molecular weight is 483 g/mol. The molecule has 3 heterocycles. The van der Waals surface area contributed by atoms with Crippen LogP contribution in [0, 0.1) is 6.92 Å². The molecule has 0 aliphatic rings. The molecule has 182 valence electrons. The van der Waals surface area contributed by atoms with Crippen LogP contribution < -0.4 is 5.48 Å². The van der Waals surface area contributed by atoms with Gasteiger partial charge in [-0.05, 0) is 62.2 Å². The molecule has 0 aliphatic carbocycles. The number of carbonyl (C=O) groups excluding carboxylic acids is 1. The van der Waals surface area contributed by atoms with E-state index in [4.69, 9.17) is 9.82 Å². The van der Waals surface area contributed by atoms with E-state index >= 15 is 0 Å². The fourth-order valence-electron chi connectivity index (χ4n) is 3.93. The highest BCUT2D eigenvalue weighted by molar-refractivity contribution is 5.95. The van der Waals surface area contributed by atoms with Crippen molar-refractivity contribution in [3.63, 3.8) is 0 Å². The number of pyridine rings is 2. The molecule has 0 radical (unpaired) electrons. The first-order chi connectivity index (χ1) is 17.3. The Morgan fingerprint density at radius 3 is 2.75 bits per heavy atom. The lowest BCUT2D eigenvalue weighted by Gasteiger charge is -2.22. The standard InChI is InChI=1S/C27H26N6O3/c1-17-14-19(9-10-21(17)26(35)31-36-27(2,3)16-34)22-11-12-23-25(29-22)33(32-30-23)15-20-7-4-6-18-8-5-13-28-24(18)20/h4-14,34H,15-16H2,1-3H3,(H,31,35). The summed E-state index contributed by atoms with van der Waals surface area (Å²) >= 11 is 0. The van der Waals surface area contributed by atoms with E-state index in [-0.39, 0.29) is 12.5 Å². The lowest BCUT2D eigenvalue weighted by molar-refractivity contribution is -0.0956. The Kier molecular flexibility index (Phi) is 6.17. The first-order valence-electron chi connectivity index (χ1n) is 11.6. The maximum Gasteiger partial charge on any atom is 0.275 e. The summed E-state index contributed by atoms with van der Waals surface area (Å²) in [5.41, 5.74) is 7.72. The van der Waals surface area contributed by atoms with Gasteiger partial charge in [-0.15, -0.1) is 5.10 Å². The van der Waals surface area contributed by atoms with E-state index in [0.717, 1.165) is 33.3 Å². The van der Waals surface area contributed by atoms with E-state index < -0.39 is 5.60 Å². The number of fused-ring (bicyclic) bond motifs is 2. The number of aryl methyl sites for hydroxylation is 1. The number of para-hydroxylation sites is 1. The highest BCUT2D eigenvalue weighted by Gasteiger charge is 2.20. The van der Waals surface area contributed by atoms with Crippen molar-refractivity contribution in [3.8, 4) is 11.3 Å². The Morgan fingerprint density at radius 2 is 1.94 bits per heavy atom. The largest absolute Gasteiger partial charge is 0.393 e. The topological polar surface area (TPSA) is 115 Å². The van der Waals surface area contributed by atoms with Gasteiger partial charge in [0.2, 0.25) is 0 Å². The van der Waals surface area contributed by atoms with Crippen molar-refractivity contribution in [2.45, 2.75) is 32.9 Å². The number of aliphatic hydroxyl groups excluding tert-OH is 1. The minimum Gasteiger partial charge on any atom is -0.393 e. The highest BCUT2D eigenvalue weighted by Crippen LogP contribution is 2.24. The van der Waals surface area contributed by atoms with Gasteiger partial charge in [-0.2, -0.15) is 0 Å². The monoisotopic (exact) mass is 482 g/mol. The number of amides is 1. The summed E-state index contributed by atoms with van der Waals surface area (Å²) in [6, 6.07) is 19.3. The van der Waals surface area contributed by atoms with E-state index in [1.54, 1.807) is 30.8 Å². The van der Waals surface area contributed by atoms with E-state index in [1.165, 1.54) is 0 Å². The van der Waals surface area contributed by atoms with Gasteiger partial charge in [0.1, 0.15) is 11.1 Å². The van der Waals surface area contributed by atoms with E-state index in [2.05, 4.69) is 20.8 Å². The van der Waals surface area contributed by atoms with Gasteiger partial charge >= 0.3 is 0 Å². The summed E-state index contributed by atoms with van der Waals surface area (Å²) in [6.07, 6.45) is 1.79. The summed E-state index contributed by atoms with van der Waals surface area (Å²) in [6.45, 7) is 5.49. The number of nitrogens with one attached hydrogen (secondary N) is 1. The number of benzene rings is 2. The first kappa shape index (κ1) is 23.5. The van der Waals surface area contributed by atoms with Crippen LogP contribution in [0.2, 0.25) is 0 Å². The Morgan fingerprint density at radius 1 is 1.11 bits per heavy atom. The average Bonchev–Trinajstić information content (AvgIpc) is 3.29. The summed E-state index contributed by atoms with van der Waals surface area (Å²) < 4.78 is 1.78. The van der Waals surface area contributed by atoms with Crippen LogP contribution in [0.3, 0.4) is 0 Å². The van der Waals surface area contributed by atoms with Gasteiger partial charge < -0.3 is 5.11 Å². The predicted molar refractivity (Wildman–Crippen MR) is 136 cm³/mol. The van der Waals surface area contributed by atoms with Crippen molar-refractivity contribution in [2.75, 3.05) is 6.61 Å². The van der Waals surface area contributed by atoms with Crippen LogP contribution >= 0.6 is 0 Å². The van der Waals surface area contributed by atoms with Gasteiger partial charge in [0.25, 0.3) is 5.91 Å². The lowest BCUT2D eigenvalue weighted by Crippen LogP contribution is -2.38. The van der Waals surface area contributed by atoms with Crippen LogP contribution in [0.15, 0.2) is 66.9 Å². The third-order valence-corrected chi connectivity index (χ3v) is 5.96. The number of hydroxylamine groups is 1. The molecule has 0 unspecified atom stereocenters. The summed E-state index contributed by atoms with van der Waals surface area (Å²) in [4.78, 5) is 27.3. The summed E-state index contributed by atoms with van der Waals surface area (Å²) in [5.74, 6) is -0.380. The number of rotatable bonds is 7. The van der Waals surface area contributed by atoms with Crippen molar-refractivity contribution >= 4 is 28.0 Å². The zero-order valence-corrected chi connectivity index (χ0v) is 20.3. The Balaban J connectivity index is 1.42. The molecule has 36 heavy (non-hydrogen) atoms. The number of nitrogens with zero attached hydrogens (tertiary/aromatic N) is 5. The van der Waals surface area contributed by atoms with Crippen molar-refractivity contribution in [2.24, 2.45) is 0 Å². The van der Waals surface area contributed by atoms with Crippen molar-refractivity contribution < 1.29 is 14.7 Å². The number of aromatic nitrogens is 5. The fourth-order valence-corrected chi connectivity index (χ4v) is 3.93. The molecular weight excluding hydrogens is 456 g/mol. The maximum absolute atomic E-state index is 12.6. The maximum atomic E-state index is 12.6. The fraction of sp³-hybridized carbons (Fsp3) is 0.222. The minimum atomic E-state index is -0.873. The molecular formula is C27H26N6O3. The molecule has 9 nitrogen and oxygen atoms in total. The molecule has 0 aliphatic heterocycles. The number of hydrogen-bond acceptors (Lipinski definition) is 7. The molecule has 5 aromatic rings. The third kappa shape index (κ3) is 4.66. The molecule has 9 heteroatoms. The third-order valence-electron chi connectivity index (χ3n) is 5.96. The smallest absolute Gasteiger partial charge is 0.275 e. The van der Waals surface area contributed by atoms with Crippen molar-refractivity contribution in [3.05, 3.63) is 83.6 Å². The zero-order chi connectivity index (χ0) is 25.3. The second-order valence-electron chi connectivity index (χ2n) is 9.26. The SMILES string of the molecule is Cc1cc(-c2ccc3nnn(Cc4cccc5cccnc45)c3n2)ccc1C(=O)NOC(C)(C)CO. The predicted octanol–water partition coefficient (Wildman–Crippen LogP) is 3.83. The minimum absolute atomic E-state index is 0.220. The van der Waals surface area contributed by atoms with Crippen LogP contribution in [-0.2, 0) is 11.4 Å². The molecule has 0 atom stereocenters. The van der Waals surface area contributed by atoms with Crippen LogP contribution in [-0.4, -0.2) is 48.2 Å². The Hall–Kier alpha value is -4.21. The number of carbonyl (C=O) groups is 1. The van der Waals surface area contributed by atoms with Gasteiger partial charge in [0, 0.05) is 22.7 Å². The zero-order valence-electron chi connectivity index (χ0n) is 20.3. The molecule has 0 saturated carbocycles. The van der Waals surface area contributed by atoms with Crippen LogP contribution in [0.25, 0.3) is 33.3 Å². The molecule has 0 saturated heterocycles. The van der Waals surface area contributed by atoms with Crippen LogP contribution in [0.5, 0.6) is 0 Å². The molecule has 2 aromatic carbocycles. The van der Waals surface area contributed by atoms with Crippen LogP contribution in [0.4, 0.5) is 0 Å². The normalized spacial score (nSPS) is 11.8. The van der Waals surface area contributed by atoms with Gasteiger partial charge in [0.05, 0.1) is 24.4 Å². The molecule has 0 bridgehead atoms. The van der Waals surface area contributed by atoms with Gasteiger partial charge in [-0.3, -0.25) is 14.6 Å². The van der Waals surface area contributed by atoms with Gasteiger partial charge in [-0.1, -0.05) is 35.5 Å². The first-order valence-corrected chi connectivity index (χ1v) is 11.6. The second kappa shape index (κ2) is 9.44. The number of aliphatic hydroxyl groups is 1. The Labute approximate surface area is 207 Å². The molecule has 3 aromatic heterocycles. The highest BCUT2D eigenvalue weighted by atomic mass is 16.7.